The first-order valence-corrected chi connectivity index (χ1v) is 17.4. The molecule has 8 aliphatic carbocycles. The van der Waals surface area contributed by atoms with Crippen molar-refractivity contribution in [2.24, 2.45) is 35.5 Å². The number of hydrogen-bond acceptors (Lipinski definition) is 0. The predicted octanol–water partition coefficient (Wildman–Crippen LogP) is 8.21. The SMILES string of the molecule is C1CC([C@H]2CCCP2C23CC4CC(CC(C4)C2)C3)P(C23CC4CC(CC(C4)C2)C3)C1. The predicted molar refractivity (Wildman–Crippen MR) is 131 cm³/mol. The Morgan fingerprint density at radius 2 is 0.733 bits per heavy atom. The van der Waals surface area contributed by atoms with Gasteiger partial charge >= 0.3 is 0 Å². The van der Waals surface area contributed by atoms with Crippen LogP contribution in [0.1, 0.15) is 103 Å². The summed E-state index contributed by atoms with van der Waals surface area (Å²) in [7, 11) is 0.709. The van der Waals surface area contributed by atoms with Gasteiger partial charge in [-0.3, -0.25) is 0 Å². The van der Waals surface area contributed by atoms with Gasteiger partial charge in [-0.05, 0) is 172 Å². The van der Waals surface area contributed by atoms with Crippen LogP contribution in [0.25, 0.3) is 0 Å². The third-order valence-corrected chi connectivity index (χ3v) is 20.5. The Bertz CT molecular complexity index is 581. The highest BCUT2D eigenvalue weighted by molar-refractivity contribution is 7.64. The Hall–Kier alpha value is 0.860. The zero-order valence-electron chi connectivity index (χ0n) is 19.2. The Kier molecular flexibility index (Phi) is 4.30. The van der Waals surface area contributed by atoms with Gasteiger partial charge in [0.05, 0.1) is 0 Å². The second-order valence-corrected chi connectivity index (χ2v) is 20.1. The topological polar surface area (TPSA) is 0 Å². The minimum Gasteiger partial charge on any atom is -0.0965 e. The van der Waals surface area contributed by atoms with Crippen LogP contribution in [0.2, 0.25) is 0 Å². The summed E-state index contributed by atoms with van der Waals surface area (Å²) in [4.78, 5) is 0. The Morgan fingerprint density at radius 1 is 0.433 bits per heavy atom. The van der Waals surface area contributed by atoms with Crippen molar-refractivity contribution in [3.63, 3.8) is 0 Å². The van der Waals surface area contributed by atoms with Crippen LogP contribution >= 0.6 is 15.8 Å². The molecular formula is C28H44P2. The van der Waals surface area contributed by atoms with E-state index in [0.29, 0.717) is 15.8 Å². The van der Waals surface area contributed by atoms with Crippen molar-refractivity contribution >= 4 is 15.8 Å². The second kappa shape index (κ2) is 6.71. The molecule has 2 heteroatoms. The van der Waals surface area contributed by atoms with E-state index in [-0.39, 0.29) is 0 Å². The fourth-order valence-corrected chi connectivity index (χ4v) is 22.5. The molecule has 0 nitrogen and oxygen atoms in total. The van der Waals surface area contributed by atoms with Crippen LogP contribution < -0.4 is 0 Å². The van der Waals surface area contributed by atoms with Gasteiger partial charge in [0.15, 0.2) is 0 Å². The van der Waals surface area contributed by atoms with Crippen molar-refractivity contribution < 1.29 is 0 Å². The number of rotatable bonds is 3. The molecular weight excluding hydrogens is 398 g/mol. The molecule has 0 aromatic carbocycles. The van der Waals surface area contributed by atoms with Gasteiger partial charge < -0.3 is 0 Å². The highest BCUT2D eigenvalue weighted by Crippen LogP contribution is 2.79. The van der Waals surface area contributed by atoms with E-state index in [2.05, 4.69) is 0 Å². The fraction of sp³-hybridized carbons (Fsp3) is 1.00. The van der Waals surface area contributed by atoms with Gasteiger partial charge in [-0.25, -0.2) is 0 Å². The van der Waals surface area contributed by atoms with Crippen molar-refractivity contribution in [3.05, 3.63) is 0 Å². The average Bonchev–Trinajstić information content (AvgIpc) is 3.36. The fourth-order valence-electron chi connectivity index (χ4n) is 12.4. The van der Waals surface area contributed by atoms with E-state index >= 15 is 0 Å². The quantitative estimate of drug-likeness (QED) is 0.386. The van der Waals surface area contributed by atoms with Gasteiger partial charge in [0.2, 0.25) is 0 Å². The molecule has 0 aromatic heterocycles. The Labute approximate surface area is 188 Å². The van der Waals surface area contributed by atoms with E-state index in [9.17, 15) is 0 Å². The third kappa shape index (κ3) is 2.71. The van der Waals surface area contributed by atoms with E-state index in [1.807, 2.05) is 0 Å². The molecule has 0 radical (unpaired) electrons. The van der Waals surface area contributed by atoms with E-state index < -0.39 is 0 Å². The van der Waals surface area contributed by atoms with Crippen LogP contribution in [0.3, 0.4) is 0 Å². The summed E-state index contributed by atoms with van der Waals surface area (Å²) in [5, 5.41) is 1.83. The van der Waals surface area contributed by atoms with Crippen molar-refractivity contribution in [3.8, 4) is 0 Å². The summed E-state index contributed by atoms with van der Waals surface area (Å²) in [5.74, 6) is 7.05. The first kappa shape index (κ1) is 19.2. The molecule has 30 heavy (non-hydrogen) atoms. The molecule has 2 heterocycles. The largest absolute Gasteiger partial charge is 0.0965 e. The van der Waals surface area contributed by atoms with Gasteiger partial charge in [0.1, 0.15) is 0 Å². The van der Waals surface area contributed by atoms with Crippen molar-refractivity contribution in [1.29, 1.82) is 0 Å². The van der Waals surface area contributed by atoms with E-state index in [1.165, 1.54) is 46.8 Å². The minimum atomic E-state index is 0.355. The van der Waals surface area contributed by atoms with Crippen LogP contribution in [-0.2, 0) is 0 Å². The molecule has 166 valence electrons. The summed E-state index contributed by atoms with van der Waals surface area (Å²) in [6, 6.07) is 0. The first-order chi connectivity index (χ1) is 14.7. The summed E-state index contributed by atoms with van der Waals surface area (Å²) in [5.41, 5.74) is 2.50. The molecule has 10 rings (SSSR count). The monoisotopic (exact) mass is 442 g/mol. The molecule has 10 aliphatic rings. The van der Waals surface area contributed by atoms with Crippen LogP contribution in [0.15, 0.2) is 0 Å². The molecule has 4 atom stereocenters. The highest BCUT2D eigenvalue weighted by atomic mass is 31.1. The molecule has 10 fully saturated rings. The molecule has 0 spiro atoms. The lowest BCUT2D eigenvalue weighted by atomic mass is 9.56. The van der Waals surface area contributed by atoms with Gasteiger partial charge in [-0.1, -0.05) is 15.8 Å². The lowest BCUT2D eigenvalue weighted by molar-refractivity contribution is 0.0345. The van der Waals surface area contributed by atoms with Crippen LogP contribution in [0.4, 0.5) is 0 Å². The molecule has 8 bridgehead atoms. The smallest absolute Gasteiger partial charge is 0.00838 e. The van der Waals surface area contributed by atoms with Crippen molar-refractivity contribution in [1.82, 2.24) is 0 Å². The second-order valence-electron chi connectivity index (χ2n) is 14.1. The van der Waals surface area contributed by atoms with E-state index in [1.54, 1.807) is 115 Å². The van der Waals surface area contributed by atoms with Crippen LogP contribution in [0.5, 0.6) is 0 Å². The van der Waals surface area contributed by atoms with Crippen LogP contribution in [-0.4, -0.2) is 34.0 Å². The van der Waals surface area contributed by atoms with Gasteiger partial charge in [0.25, 0.3) is 0 Å². The van der Waals surface area contributed by atoms with Crippen molar-refractivity contribution in [2.75, 3.05) is 12.3 Å². The molecule has 2 saturated heterocycles. The summed E-state index contributed by atoms with van der Waals surface area (Å²) in [6.07, 6.45) is 30.2. The average molecular weight is 443 g/mol. The van der Waals surface area contributed by atoms with E-state index in [4.69, 9.17) is 0 Å². The highest BCUT2D eigenvalue weighted by Gasteiger charge is 2.60. The Morgan fingerprint density at radius 3 is 1.03 bits per heavy atom. The zero-order valence-corrected chi connectivity index (χ0v) is 21.0. The van der Waals surface area contributed by atoms with Crippen molar-refractivity contribution in [2.45, 2.75) is 124 Å². The third-order valence-electron chi connectivity index (χ3n) is 12.3. The summed E-state index contributed by atoms with van der Waals surface area (Å²) in [6.45, 7) is 0. The van der Waals surface area contributed by atoms with Gasteiger partial charge in [-0.2, -0.15) is 0 Å². The maximum absolute atomic E-state index is 1.71. The lowest BCUT2D eigenvalue weighted by Crippen LogP contribution is -2.52. The van der Waals surface area contributed by atoms with Gasteiger partial charge in [-0.15, -0.1) is 0 Å². The summed E-state index contributed by atoms with van der Waals surface area (Å²) < 4.78 is 0. The lowest BCUT2D eigenvalue weighted by Gasteiger charge is -2.62. The maximum atomic E-state index is 1.71. The van der Waals surface area contributed by atoms with Crippen LogP contribution in [0, 0.1) is 35.5 Å². The molecule has 8 saturated carbocycles. The molecule has 2 aliphatic heterocycles. The standard InChI is InChI=1S/C28H44P2/c1-3-25(29(5-1)27-13-19-7-20(14-27)9-21(8-19)15-27)26-4-2-6-30(26)28-16-22-10-23(17-28)12-24(11-22)18-28/h19-26H,1-18H2/t19?,20?,21?,22?,23?,24?,25-,26?,27?,28?,29?,30?/m1/s1. The minimum absolute atomic E-state index is 0.355. The van der Waals surface area contributed by atoms with E-state index in [0.717, 1.165) is 10.3 Å². The molecule has 0 aromatic rings. The normalized spacial score (nSPS) is 63.2. The summed E-state index contributed by atoms with van der Waals surface area (Å²) >= 11 is 0. The molecule has 0 amide bonds. The molecule has 0 N–H and O–H groups in total. The van der Waals surface area contributed by atoms with Gasteiger partial charge in [0, 0.05) is 0 Å². The Balaban J connectivity index is 1.10. The molecule has 3 unspecified atom stereocenters. The first-order valence-electron chi connectivity index (χ1n) is 14.2. The number of hydrogen-bond donors (Lipinski definition) is 0. The zero-order chi connectivity index (χ0) is 19.5. The maximum Gasteiger partial charge on any atom is -0.00838 e.